The molecular weight excluding hydrogens is 288 g/mol. The summed E-state index contributed by atoms with van der Waals surface area (Å²) in [5, 5.41) is 6.97. The van der Waals surface area contributed by atoms with Gasteiger partial charge in [0.2, 0.25) is 0 Å². The summed E-state index contributed by atoms with van der Waals surface area (Å²) < 4.78 is 5.61. The lowest BCUT2D eigenvalue weighted by atomic mass is 10.2. The lowest BCUT2D eigenvalue weighted by Gasteiger charge is -2.24. The van der Waals surface area contributed by atoms with Crippen molar-refractivity contribution in [1.82, 2.24) is 15.5 Å². The predicted molar refractivity (Wildman–Crippen MR) is 97.0 cm³/mol. The maximum atomic E-state index is 5.61. The van der Waals surface area contributed by atoms with Gasteiger partial charge in [0.1, 0.15) is 0 Å². The number of nitrogens with zero attached hydrogens (tertiary/aromatic N) is 2. The van der Waals surface area contributed by atoms with E-state index in [4.69, 9.17) is 4.74 Å². The molecule has 1 atom stereocenters. The van der Waals surface area contributed by atoms with Crippen LogP contribution in [0.15, 0.2) is 4.99 Å². The fraction of sp³-hybridized carbons (Fsp3) is 0.944. The summed E-state index contributed by atoms with van der Waals surface area (Å²) in [6, 6.07) is 1.37. The van der Waals surface area contributed by atoms with Crippen LogP contribution in [0.3, 0.4) is 0 Å². The smallest absolute Gasteiger partial charge is 0.191 e. The van der Waals surface area contributed by atoms with Crippen LogP contribution in [-0.2, 0) is 4.74 Å². The normalized spacial score (nSPS) is 23.8. The van der Waals surface area contributed by atoms with Crippen LogP contribution in [-0.4, -0.2) is 62.3 Å². The molecule has 1 aliphatic heterocycles. The lowest BCUT2D eigenvalue weighted by molar-refractivity contribution is 0.117. The summed E-state index contributed by atoms with van der Waals surface area (Å²) >= 11 is 0. The summed E-state index contributed by atoms with van der Waals surface area (Å²) in [5.74, 6) is 1.53. The second kappa shape index (κ2) is 10.1. The van der Waals surface area contributed by atoms with Crippen LogP contribution in [0.1, 0.15) is 52.9 Å². The minimum absolute atomic E-state index is 0.532. The zero-order chi connectivity index (χ0) is 16.5. The fourth-order valence-corrected chi connectivity index (χ4v) is 3.56. The number of ether oxygens (including phenoxy) is 1. The molecule has 2 rings (SSSR count). The first-order valence-electron chi connectivity index (χ1n) is 9.55. The van der Waals surface area contributed by atoms with E-state index in [-0.39, 0.29) is 0 Å². The molecule has 0 aromatic carbocycles. The Bertz CT molecular complexity index is 353. The molecule has 2 fully saturated rings. The molecule has 1 heterocycles. The monoisotopic (exact) mass is 324 g/mol. The Labute approximate surface area is 142 Å². The van der Waals surface area contributed by atoms with E-state index < -0.39 is 0 Å². The van der Waals surface area contributed by atoms with Crippen molar-refractivity contribution in [3.8, 4) is 0 Å². The number of hydrogen-bond acceptors (Lipinski definition) is 3. The van der Waals surface area contributed by atoms with Crippen LogP contribution in [0.4, 0.5) is 0 Å². The van der Waals surface area contributed by atoms with Crippen molar-refractivity contribution in [1.29, 1.82) is 0 Å². The van der Waals surface area contributed by atoms with Crippen LogP contribution in [0, 0.1) is 5.92 Å². The number of aliphatic imine (C=N–C) groups is 1. The van der Waals surface area contributed by atoms with Gasteiger partial charge in [-0.05, 0) is 32.1 Å². The van der Waals surface area contributed by atoms with Crippen LogP contribution in [0.5, 0.6) is 0 Å². The third-order valence-electron chi connectivity index (χ3n) is 4.70. The van der Waals surface area contributed by atoms with Crippen molar-refractivity contribution >= 4 is 5.96 Å². The molecule has 0 spiro atoms. The highest BCUT2D eigenvalue weighted by Crippen LogP contribution is 2.26. The molecule has 0 bridgehead atoms. The van der Waals surface area contributed by atoms with Crippen LogP contribution >= 0.6 is 0 Å². The van der Waals surface area contributed by atoms with Crippen molar-refractivity contribution in [3.63, 3.8) is 0 Å². The standard InChI is InChI=1S/C18H36N4O/c1-4-19-18(20-10-12-23-14-15(2)3)21-16-9-11-22(13-16)17-7-5-6-8-17/h15-17H,4-14H2,1-3H3,(H2,19,20,21). The summed E-state index contributed by atoms with van der Waals surface area (Å²) in [6.45, 7) is 12.0. The number of guanidine groups is 1. The van der Waals surface area contributed by atoms with E-state index in [1.165, 1.54) is 45.2 Å². The van der Waals surface area contributed by atoms with Crippen LogP contribution in [0.2, 0.25) is 0 Å². The molecule has 1 saturated carbocycles. The molecule has 0 amide bonds. The molecule has 0 radical (unpaired) electrons. The van der Waals surface area contributed by atoms with Crippen LogP contribution < -0.4 is 10.6 Å². The molecule has 2 N–H and O–H groups in total. The summed E-state index contributed by atoms with van der Waals surface area (Å²) in [6.07, 6.45) is 6.85. The van der Waals surface area contributed by atoms with Gasteiger partial charge in [-0.1, -0.05) is 26.7 Å². The van der Waals surface area contributed by atoms with E-state index in [2.05, 4.69) is 41.3 Å². The second-order valence-corrected chi connectivity index (χ2v) is 7.29. The first-order valence-corrected chi connectivity index (χ1v) is 9.55. The Kier molecular flexibility index (Phi) is 8.17. The topological polar surface area (TPSA) is 48.9 Å². The van der Waals surface area contributed by atoms with Crippen molar-refractivity contribution in [2.45, 2.75) is 65.0 Å². The van der Waals surface area contributed by atoms with E-state index in [9.17, 15) is 0 Å². The summed E-state index contributed by atoms with van der Waals surface area (Å²) in [7, 11) is 0. The molecule has 1 unspecified atom stereocenters. The van der Waals surface area contributed by atoms with Crippen LogP contribution in [0.25, 0.3) is 0 Å². The molecule has 1 aliphatic carbocycles. The highest BCUT2D eigenvalue weighted by atomic mass is 16.5. The quantitative estimate of drug-likeness (QED) is 0.408. The fourth-order valence-electron chi connectivity index (χ4n) is 3.56. The van der Waals surface area contributed by atoms with Gasteiger partial charge in [0, 0.05) is 38.3 Å². The number of likely N-dealkylation sites (tertiary alicyclic amines) is 1. The van der Waals surface area contributed by atoms with Gasteiger partial charge in [0.15, 0.2) is 5.96 Å². The van der Waals surface area contributed by atoms with Crippen molar-refractivity contribution in [3.05, 3.63) is 0 Å². The minimum atomic E-state index is 0.532. The van der Waals surface area contributed by atoms with Crippen molar-refractivity contribution < 1.29 is 4.74 Å². The molecule has 0 aromatic heterocycles. The Morgan fingerprint density at radius 2 is 2.04 bits per heavy atom. The average Bonchev–Trinajstić information content (AvgIpc) is 3.17. The zero-order valence-corrected chi connectivity index (χ0v) is 15.3. The summed E-state index contributed by atoms with van der Waals surface area (Å²) in [4.78, 5) is 7.33. The molecule has 2 aliphatic rings. The first-order chi connectivity index (χ1) is 11.2. The van der Waals surface area contributed by atoms with E-state index in [0.717, 1.165) is 31.7 Å². The first kappa shape index (κ1) is 18.5. The van der Waals surface area contributed by atoms with Gasteiger partial charge < -0.3 is 15.4 Å². The minimum Gasteiger partial charge on any atom is -0.379 e. The van der Waals surface area contributed by atoms with E-state index in [1.807, 2.05) is 0 Å². The van der Waals surface area contributed by atoms with Gasteiger partial charge in [-0.15, -0.1) is 0 Å². The molecule has 5 nitrogen and oxygen atoms in total. The number of hydrogen-bond donors (Lipinski definition) is 2. The van der Waals surface area contributed by atoms with E-state index >= 15 is 0 Å². The van der Waals surface area contributed by atoms with E-state index in [1.54, 1.807) is 0 Å². The number of nitrogens with one attached hydrogen (secondary N) is 2. The zero-order valence-electron chi connectivity index (χ0n) is 15.3. The Morgan fingerprint density at radius 1 is 1.26 bits per heavy atom. The second-order valence-electron chi connectivity index (χ2n) is 7.29. The van der Waals surface area contributed by atoms with Gasteiger partial charge in [-0.25, -0.2) is 0 Å². The third kappa shape index (κ3) is 6.68. The molecular formula is C18H36N4O. The largest absolute Gasteiger partial charge is 0.379 e. The number of rotatable bonds is 8. The molecule has 23 heavy (non-hydrogen) atoms. The van der Waals surface area contributed by atoms with Crippen molar-refractivity contribution in [2.75, 3.05) is 39.4 Å². The molecule has 0 aromatic rings. The molecule has 1 saturated heterocycles. The predicted octanol–water partition coefficient (Wildman–Crippen LogP) is 2.23. The molecule has 134 valence electrons. The van der Waals surface area contributed by atoms with Crippen molar-refractivity contribution in [2.24, 2.45) is 10.9 Å². The van der Waals surface area contributed by atoms with Gasteiger partial charge >= 0.3 is 0 Å². The van der Waals surface area contributed by atoms with Gasteiger partial charge in [-0.3, -0.25) is 9.89 Å². The highest BCUT2D eigenvalue weighted by molar-refractivity contribution is 5.80. The third-order valence-corrected chi connectivity index (χ3v) is 4.70. The van der Waals surface area contributed by atoms with Gasteiger partial charge in [-0.2, -0.15) is 0 Å². The lowest BCUT2D eigenvalue weighted by Crippen LogP contribution is -2.45. The Balaban J connectivity index is 1.70. The maximum absolute atomic E-state index is 5.61. The average molecular weight is 325 g/mol. The molecule has 5 heteroatoms. The SMILES string of the molecule is CCNC(=NCCOCC(C)C)NC1CCN(C2CCCC2)C1. The van der Waals surface area contributed by atoms with E-state index in [0.29, 0.717) is 18.6 Å². The highest BCUT2D eigenvalue weighted by Gasteiger charge is 2.30. The summed E-state index contributed by atoms with van der Waals surface area (Å²) in [5.41, 5.74) is 0. The maximum Gasteiger partial charge on any atom is 0.191 e. The van der Waals surface area contributed by atoms with Gasteiger partial charge in [0.25, 0.3) is 0 Å². The Hall–Kier alpha value is -0.810. The van der Waals surface area contributed by atoms with Gasteiger partial charge in [0.05, 0.1) is 13.2 Å². The Morgan fingerprint density at radius 3 is 2.74 bits per heavy atom.